The molecule has 0 N–H and O–H groups in total. The Hall–Kier alpha value is -1.70. The van der Waals surface area contributed by atoms with E-state index < -0.39 is 0 Å². The molecule has 0 aliphatic heterocycles. The Labute approximate surface area is 83.3 Å². The lowest BCUT2D eigenvalue weighted by Gasteiger charge is -1.96. The van der Waals surface area contributed by atoms with Crippen molar-refractivity contribution in [2.45, 2.75) is 12.8 Å². The number of hydrogen-bond donors (Lipinski definition) is 0. The third kappa shape index (κ3) is 3.35. The number of hydrogen-bond acceptors (Lipinski definition) is 2. The van der Waals surface area contributed by atoms with Crippen LogP contribution in [0.15, 0.2) is 35.9 Å². The molecule has 0 heterocycles. The van der Waals surface area contributed by atoms with Crippen molar-refractivity contribution in [1.29, 1.82) is 0 Å². The lowest BCUT2D eigenvalue weighted by Crippen LogP contribution is -1.86. The molecule has 0 atom stereocenters. The summed E-state index contributed by atoms with van der Waals surface area (Å²) >= 11 is 0. The number of allylic oxidation sites excluding steroid dienone is 1. The summed E-state index contributed by atoms with van der Waals surface area (Å²) in [6, 6.07) is 9.58. The number of benzene rings is 1. The minimum Gasteiger partial charge on any atom is -0.303 e. The highest BCUT2D eigenvalue weighted by molar-refractivity contribution is 5.82. The Morgan fingerprint density at radius 3 is 2.43 bits per heavy atom. The minimum atomic E-state index is 0.400. The van der Waals surface area contributed by atoms with Gasteiger partial charge in [-0.05, 0) is 23.6 Å². The standard InChI is InChI=1S/C12H12O2/c13-8-4-7-12(10-14)9-11-5-2-1-3-6-11/h1-3,5-6,8-10H,4,7H2/b12-9-. The van der Waals surface area contributed by atoms with Crippen LogP contribution in [-0.2, 0) is 9.59 Å². The highest BCUT2D eigenvalue weighted by Gasteiger charge is 1.95. The normalized spacial score (nSPS) is 11.0. The second kappa shape index (κ2) is 5.86. The molecule has 0 saturated heterocycles. The molecule has 2 nitrogen and oxygen atoms in total. The summed E-state index contributed by atoms with van der Waals surface area (Å²) in [6.07, 6.45) is 4.34. The molecule has 1 rings (SSSR count). The van der Waals surface area contributed by atoms with E-state index >= 15 is 0 Å². The van der Waals surface area contributed by atoms with E-state index in [1.807, 2.05) is 30.3 Å². The first kappa shape index (κ1) is 10.4. The minimum absolute atomic E-state index is 0.400. The SMILES string of the molecule is O=CCC/C(C=O)=C/c1ccccc1. The van der Waals surface area contributed by atoms with Crippen LogP contribution >= 0.6 is 0 Å². The van der Waals surface area contributed by atoms with Crippen LogP contribution in [0.25, 0.3) is 6.08 Å². The van der Waals surface area contributed by atoms with E-state index in [1.54, 1.807) is 6.08 Å². The molecule has 1 aromatic carbocycles. The van der Waals surface area contributed by atoms with Crippen LogP contribution in [-0.4, -0.2) is 12.6 Å². The van der Waals surface area contributed by atoms with Crippen molar-refractivity contribution in [3.8, 4) is 0 Å². The number of carbonyl (C=O) groups is 2. The molecule has 0 fully saturated rings. The van der Waals surface area contributed by atoms with Gasteiger partial charge in [0.2, 0.25) is 0 Å². The van der Waals surface area contributed by atoms with Gasteiger partial charge in [-0.1, -0.05) is 30.3 Å². The van der Waals surface area contributed by atoms with Crippen molar-refractivity contribution in [3.63, 3.8) is 0 Å². The van der Waals surface area contributed by atoms with Gasteiger partial charge in [0.05, 0.1) is 0 Å². The van der Waals surface area contributed by atoms with E-state index in [0.717, 1.165) is 18.1 Å². The average molecular weight is 188 g/mol. The fraction of sp³-hybridized carbons (Fsp3) is 0.167. The van der Waals surface area contributed by atoms with Gasteiger partial charge in [0.15, 0.2) is 0 Å². The summed E-state index contributed by atoms with van der Waals surface area (Å²) in [5.74, 6) is 0. The zero-order chi connectivity index (χ0) is 10.2. The van der Waals surface area contributed by atoms with E-state index in [1.165, 1.54) is 0 Å². The van der Waals surface area contributed by atoms with Crippen molar-refractivity contribution in [3.05, 3.63) is 41.5 Å². The summed E-state index contributed by atoms with van der Waals surface area (Å²) in [4.78, 5) is 20.8. The summed E-state index contributed by atoms with van der Waals surface area (Å²) < 4.78 is 0. The third-order valence-corrected chi connectivity index (χ3v) is 1.85. The van der Waals surface area contributed by atoms with E-state index in [0.29, 0.717) is 18.4 Å². The molecule has 0 spiro atoms. The Morgan fingerprint density at radius 2 is 1.86 bits per heavy atom. The number of aldehydes is 2. The lowest BCUT2D eigenvalue weighted by molar-refractivity contribution is -0.107. The van der Waals surface area contributed by atoms with Crippen molar-refractivity contribution in [2.24, 2.45) is 0 Å². The maximum absolute atomic E-state index is 10.6. The fourth-order valence-corrected chi connectivity index (χ4v) is 1.15. The highest BCUT2D eigenvalue weighted by atomic mass is 16.1. The summed E-state index contributed by atoms with van der Waals surface area (Å²) in [5.41, 5.74) is 1.64. The Kier molecular flexibility index (Phi) is 4.35. The van der Waals surface area contributed by atoms with Crippen molar-refractivity contribution in [2.75, 3.05) is 0 Å². The molecule has 0 aromatic heterocycles. The highest BCUT2D eigenvalue weighted by Crippen LogP contribution is 2.08. The first-order chi connectivity index (χ1) is 6.86. The Morgan fingerprint density at radius 1 is 1.14 bits per heavy atom. The monoisotopic (exact) mass is 188 g/mol. The number of rotatable bonds is 5. The molecule has 0 unspecified atom stereocenters. The summed E-state index contributed by atoms with van der Waals surface area (Å²) in [5, 5.41) is 0. The quantitative estimate of drug-likeness (QED) is 0.524. The molecule has 0 aliphatic carbocycles. The van der Waals surface area contributed by atoms with Gasteiger partial charge in [-0.25, -0.2) is 0 Å². The molecule has 2 heteroatoms. The van der Waals surface area contributed by atoms with Gasteiger partial charge in [0, 0.05) is 6.42 Å². The van der Waals surface area contributed by atoms with Gasteiger partial charge in [0.25, 0.3) is 0 Å². The van der Waals surface area contributed by atoms with Crippen LogP contribution < -0.4 is 0 Å². The molecule has 14 heavy (non-hydrogen) atoms. The van der Waals surface area contributed by atoms with Gasteiger partial charge in [-0.2, -0.15) is 0 Å². The first-order valence-electron chi connectivity index (χ1n) is 4.51. The molecule has 72 valence electrons. The van der Waals surface area contributed by atoms with Crippen LogP contribution in [0.3, 0.4) is 0 Å². The molecule has 0 amide bonds. The van der Waals surface area contributed by atoms with Gasteiger partial charge in [-0.15, -0.1) is 0 Å². The van der Waals surface area contributed by atoms with E-state index in [-0.39, 0.29) is 0 Å². The molecular formula is C12H12O2. The van der Waals surface area contributed by atoms with E-state index in [4.69, 9.17) is 0 Å². The smallest absolute Gasteiger partial charge is 0.146 e. The van der Waals surface area contributed by atoms with Crippen molar-refractivity contribution in [1.82, 2.24) is 0 Å². The van der Waals surface area contributed by atoms with Crippen LogP contribution in [0, 0.1) is 0 Å². The predicted octanol–water partition coefficient (Wildman–Crippen LogP) is 2.25. The average Bonchev–Trinajstić information content (AvgIpc) is 2.25. The molecular weight excluding hydrogens is 176 g/mol. The largest absolute Gasteiger partial charge is 0.303 e. The van der Waals surface area contributed by atoms with Gasteiger partial charge in [-0.3, -0.25) is 4.79 Å². The van der Waals surface area contributed by atoms with Crippen LogP contribution in [0.2, 0.25) is 0 Å². The lowest BCUT2D eigenvalue weighted by atomic mass is 10.1. The summed E-state index contributed by atoms with van der Waals surface area (Å²) in [6.45, 7) is 0. The van der Waals surface area contributed by atoms with E-state index in [2.05, 4.69) is 0 Å². The van der Waals surface area contributed by atoms with Crippen LogP contribution in [0.5, 0.6) is 0 Å². The second-order valence-corrected chi connectivity index (χ2v) is 2.95. The first-order valence-corrected chi connectivity index (χ1v) is 4.51. The third-order valence-electron chi connectivity index (χ3n) is 1.85. The van der Waals surface area contributed by atoms with Crippen LogP contribution in [0.1, 0.15) is 18.4 Å². The molecule has 0 radical (unpaired) electrons. The zero-order valence-corrected chi connectivity index (χ0v) is 7.85. The van der Waals surface area contributed by atoms with E-state index in [9.17, 15) is 9.59 Å². The number of carbonyl (C=O) groups excluding carboxylic acids is 2. The van der Waals surface area contributed by atoms with Gasteiger partial charge in [0.1, 0.15) is 12.6 Å². The molecule has 0 bridgehead atoms. The maximum atomic E-state index is 10.6. The fourth-order valence-electron chi connectivity index (χ4n) is 1.15. The molecule has 0 aliphatic rings. The molecule has 0 saturated carbocycles. The molecule has 1 aromatic rings. The zero-order valence-electron chi connectivity index (χ0n) is 7.85. The van der Waals surface area contributed by atoms with Gasteiger partial charge < -0.3 is 4.79 Å². The maximum Gasteiger partial charge on any atom is 0.146 e. The van der Waals surface area contributed by atoms with Crippen LogP contribution in [0.4, 0.5) is 0 Å². The topological polar surface area (TPSA) is 34.1 Å². The van der Waals surface area contributed by atoms with Crippen molar-refractivity contribution < 1.29 is 9.59 Å². The summed E-state index contributed by atoms with van der Waals surface area (Å²) in [7, 11) is 0. The van der Waals surface area contributed by atoms with Crippen molar-refractivity contribution >= 4 is 18.6 Å². The second-order valence-electron chi connectivity index (χ2n) is 2.95. The Balaban J connectivity index is 2.73. The van der Waals surface area contributed by atoms with Gasteiger partial charge >= 0.3 is 0 Å². The Bertz CT molecular complexity index is 325. The predicted molar refractivity (Wildman–Crippen MR) is 55.8 cm³/mol.